The summed E-state index contributed by atoms with van der Waals surface area (Å²) in [4.78, 5) is 18.8. The lowest BCUT2D eigenvalue weighted by Crippen LogP contribution is -2.36. The second-order valence-electron chi connectivity index (χ2n) is 7.05. The van der Waals surface area contributed by atoms with Crippen LogP contribution in [-0.4, -0.2) is 53.2 Å². The van der Waals surface area contributed by atoms with Crippen LogP contribution < -0.4 is 10.6 Å². The van der Waals surface area contributed by atoms with Crippen molar-refractivity contribution in [1.82, 2.24) is 25.7 Å². The van der Waals surface area contributed by atoms with E-state index in [9.17, 15) is 4.79 Å². The van der Waals surface area contributed by atoms with Crippen molar-refractivity contribution in [3.8, 4) is 0 Å². The van der Waals surface area contributed by atoms with Gasteiger partial charge in [-0.15, -0.1) is 0 Å². The molecule has 7 heteroatoms. The van der Waals surface area contributed by atoms with Crippen LogP contribution in [0.2, 0.25) is 0 Å². The molecule has 0 radical (unpaired) electrons. The second kappa shape index (κ2) is 6.57. The first-order chi connectivity index (χ1) is 11.3. The van der Waals surface area contributed by atoms with Gasteiger partial charge in [0.05, 0.1) is 6.04 Å². The number of likely N-dealkylation sites (tertiary alicyclic amines) is 1. The molecule has 1 aromatic rings. The van der Waals surface area contributed by atoms with E-state index in [1.807, 2.05) is 0 Å². The van der Waals surface area contributed by atoms with Crippen molar-refractivity contribution in [3.63, 3.8) is 0 Å². The second-order valence-corrected chi connectivity index (χ2v) is 7.05. The number of nitrogens with one attached hydrogen (secondary N) is 2. The third-order valence-corrected chi connectivity index (χ3v) is 5.16. The molecule has 7 nitrogen and oxygen atoms in total. The molecule has 23 heavy (non-hydrogen) atoms. The number of carbonyl (C=O) groups excluding carboxylic acids is 1. The summed E-state index contributed by atoms with van der Waals surface area (Å²) in [6.45, 7) is 4.42. The normalized spacial score (nSPS) is 26.5. The molecule has 1 aromatic heterocycles. The number of aromatic nitrogens is 2. The topological polar surface area (TPSA) is 83.3 Å². The largest absolute Gasteiger partial charge is 0.346 e. The van der Waals surface area contributed by atoms with Crippen LogP contribution in [0.4, 0.5) is 0 Å². The van der Waals surface area contributed by atoms with Gasteiger partial charge < -0.3 is 15.2 Å². The lowest BCUT2D eigenvalue weighted by Gasteiger charge is -2.29. The van der Waals surface area contributed by atoms with Crippen molar-refractivity contribution >= 4 is 5.91 Å². The molecule has 2 N–H and O–H groups in total. The minimum Gasteiger partial charge on any atom is -0.346 e. The van der Waals surface area contributed by atoms with Crippen molar-refractivity contribution in [2.75, 3.05) is 26.2 Å². The first-order valence-electron chi connectivity index (χ1n) is 8.89. The van der Waals surface area contributed by atoms with E-state index in [0.717, 1.165) is 57.8 Å². The van der Waals surface area contributed by atoms with Gasteiger partial charge in [-0.1, -0.05) is 5.16 Å². The fourth-order valence-corrected chi connectivity index (χ4v) is 3.66. The van der Waals surface area contributed by atoms with E-state index in [1.165, 1.54) is 12.8 Å². The molecule has 3 fully saturated rings. The van der Waals surface area contributed by atoms with Gasteiger partial charge in [-0.2, -0.15) is 4.98 Å². The van der Waals surface area contributed by atoms with Gasteiger partial charge in [-0.05, 0) is 64.1 Å². The molecule has 4 rings (SSSR count). The smallest absolute Gasteiger partial charge is 0.292 e. The Labute approximate surface area is 136 Å². The van der Waals surface area contributed by atoms with E-state index in [0.29, 0.717) is 11.9 Å². The maximum atomic E-state index is 12.0. The molecule has 3 aliphatic rings. The Morgan fingerprint density at radius 2 is 2.09 bits per heavy atom. The molecule has 1 atom stereocenters. The highest BCUT2D eigenvalue weighted by atomic mass is 16.5. The van der Waals surface area contributed by atoms with Crippen LogP contribution in [-0.2, 0) is 0 Å². The van der Waals surface area contributed by atoms with Gasteiger partial charge >= 0.3 is 0 Å². The Morgan fingerprint density at radius 3 is 2.87 bits per heavy atom. The maximum absolute atomic E-state index is 12.0. The van der Waals surface area contributed by atoms with Crippen LogP contribution in [0.3, 0.4) is 0 Å². The Kier molecular flexibility index (Phi) is 4.31. The summed E-state index contributed by atoms with van der Waals surface area (Å²) in [6.07, 6.45) is 6.79. The Morgan fingerprint density at radius 1 is 1.26 bits per heavy atom. The molecule has 1 aliphatic carbocycles. The van der Waals surface area contributed by atoms with E-state index >= 15 is 0 Å². The van der Waals surface area contributed by atoms with E-state index < -0.39 is 0 Å². The first-order valence-corrected chi connectivity index (χ1v) is 8.89. The van der Waals surface area contributed by atoms with Gasteiger partial charge in [0.25, 0.3) is 11.7 Å². The molecule has 1 saturated carbocycles. The standard InChI is InChI=1S/C16H25N5O2/c22-15(18-12-3-4-12)14-19-16(23-20-14)13-2-1-9-21(13)10-11-5-7-17-8-6-11/h11-13,17H,1-10H2,(H,18,22). The third-order valence-electron chi connectivity index (χ3n) is 5.16. The number of carbonyl (C=O) groups is 1. The number of hydrogen-bond donors (Lipinski definition) is 2. The monoisotopic (exact) mass is 319 g/mol. The Bertz CT molecular complexity index is 550. The maximum Gasteiger partial charge on any atom is 0.292 e. The molecule has 2 aliphatic heterocycles. The van der Waals surface area contributed by atoms with E-state index in [-0.39, 0.29) is 17.8 Å². The van der Waals surface area contributed by atoms with Crippen molar-refractivity contribution in [3.05, 3.63) is 11.7 Å². The summed E-state index contributed by atoms with van der Waals surface area (Å²) in [5.74, 6) is 1.33. The molecule has 126 valence electrons. The Balaban J connectivity index is 1.39. The molecule has 0 spiro atoms. The molecular weight excluding hydrogens is 294 g/mol. The average molecular weight is 319 g/mol. The number of piperidine rings is 1. The predicted octanol–water partition coefficient (Wildman–Crippen LogP) is 1.10. The van der Waals surface area contributed by atoms with Crippen LogP contribution in [0.15, 0.2) is 4.52 Å². The highest BCUT2D eigenvalue weighted by molar-refractivity contribution is 5.90. The van der Waals surface area contributed by atoms with Gasteiger partial charge in [0, 0.05) is 12.6 Å². The number of amides is 1. The minimum absolute atomic E-state index is 0.180. The fraction of sp³-hybridized carbons (Fsp3) is 0.812. The highest BCUT2D eigenvalue weighted by Crippen LogP contribution is 2.32. The Hall–Kier alpha value is -1.47. The van der Waals surface area contributed by atoms with E-state index in [2.05, 4.69) is 25.7 Å². The van der Waals surface area contributed by atoms with Gasteiger partial charge in [0.15, 0.2) is 0 Å². The SMILES string of the molecule is O=C(NC1CC1)c1noc(C2CCCN2CC2CCNCC2)n1. The van der Waals surface area contributed by atoms with Crippen LogP contribution in [0.1, 0.15) is 61.1 Å². The van der Waals surface area contributed by atoms with Crippen LogP contribution in [0, 0.1) is 5.92 Å². The number of rotatable bonds is 5. The van der Waals surface area contributed by atoms with Crippen LogP contribution >= 0.6 is 0 Å². The number of hydrogen-bond acceptors (Lipinski definition) is 6. The zero-order valence-electron chi connectivity index (χ0n) is 13.5. The molecule has 1 unspecified atom stereocenters. The van der Waals surface area contributed by atoms with Crippen molar-refractivity contribution in [2.24, 2.45) is 5.92 Å². The number of nitrogens with zero attached hydrogens (tertiary/aromatic N) is 3. The van der Waals surface area contributed by atoms with Gasteiger partial charge in [-0.3, -0.25) is 9.69 Å². The molecule has 3 heterocycles. The first kappa shape index (κ1) is 15.1. The summed E-state index contributed by atoms with van der Waals surface area (Å²) in [5.41, 5.74) is 0. The van der Waals surface area contributed by atoms with Crippen LogP contribution in [0.25, 0.3) is 0 Å². The summed E-state index contributed by atoms with van der Waals surface area (Å²) < 4.78 is 5.42. The third kappa shape index (κ3) is 3.55. The molecular formula is C16H25N5O2. The van der Waals surface area contributed by atoms with Crippen molar-refractivity contribution in [2.45, 2.75) is 50.6 Å². The molecule has 1 amide bonds. The minimum atomic E-state index is -0.203. The lowest BCUT2D eigenvalue weighted by atomic mass is 9.97. The van der Waals surface area contributed by atoms with Crippen LogP contribution in [0.5, 0.6) is 0 Å². The van der Waals surface area contributed by atoms with Crippen molar-refractivity contribution in [1.29, 1.82) is 0 Å². The van der Waals surface area contributed by atoms with E-state index in [4.69, 9.17) is 4.52 Å². The highest BCUT2D eigenvalue weighted by Gasteiger charge is 2.33. The summed E-state index contributed by atoms with van der Waals surface area (Å²) >= 11 is 0. The van der Waals surface area contributed by atoms with Gasteiger partial charge in [-0.25, -0.2) is 0 Å². The summed E-state index contributed by atoms with van der Waals surface area (Å²) in [6, 6.07) is 0.493. The summed E-state index contributed by atoms with van der Waals surface area (Å²) in [5, 5.41) is 10.2. The molecule has 2 saturated heterocycles. The van der Waals surface area contributed by atoms with Crippen molar-refractivity contribution < 1.29 is 9.32 Å². The molecule has 0 bridgehead atoms. The van der Waals surface area contributed by atoms with E-state index in [1.54, 1.807) is 0 Å². The van der Waals surface area contributed by atoms with Gasteiger partial charge in [0.2, 0.25) is 5.89 Å². The lowest BCUT2D eigenvalue weighted by molar-refractivity contribution is 0.0937. The molecule has 0 aromatic carbocycles. The quantitative estimate of drug-likeness (QED) is 0.845. The zero-order chi connectivity index (χ0) is 15.6. The fourth-order valence-electron chi connectivity index (χ4n) is 3.66. The van der Waals surface area contributed by atoms with Gasteiger partial charge in [0.1, 0.15) is 0 Å². The zero-order valence-corrected chi connectivity index (χ0v) is 13.5. The summed E-state index contributed by atoms with van der Waals surface area (Å²) in [7, 11) is 0. The average Bonchev–Trinajstić information content (AvgIpc) is 3.07. The predicted molar refractivity (Wildman–Crippen MR) is 83.9 cm³/mol.